The number of thiazole rings is 1. The van der Waals surface area contributed by atoms with Gasteiger partial charge in [0.25, 0.3) is 0 Å². The minimum Gasteiger partial charge on any atom is -0.312 e. The maximum absolute atomic E-state index is 12.1. The van der Waals surface area contributed by atoms with Crippen LogP contribution in [0.15, 0.2) is 60.0 Å². The van der Waals surface area contributed by atoms with Gasteiger partial charge >= 0.3 is 0 Å². The zero-order chi connectivity index (χ0) is 19.5. The van der Waals surface area contributed by atoms with Gasteiger partial charge in [0.2, 0.25) is 11.8 Å². The number of hydrogen-bond donors (Lipinski definition) is 1. The van der Waals surface area contributed by atoms with Crippen molar-refractivity contribution < 1.29 is 9.59 Å². The molecule has 0 bridgehead atoms. The van der Waals surface area contributed by atoms with E-state index in [0.29, 0.717) is 5.13 Å². The molecule has 0 radical (unpaired) electrons. The van der Waals surface area contributed by atoms with E-state index in [-0.39, 0.29) is 11.8 Å². The molecule has 1 aliphatic rings. The fourth-order valence-electron chi connectivity index (χ4n) is 3.24. The highest BCUT2D eigenvalue weighted by atomic mass is 32.1. The van der Waals surface area contributed by atoms with E-state index >= 15 is 0 Å². The van der Waals surface area contributed by atoms with E-state index in [1.807, 2.05) is 47.8 Å². The van der Waals surface area contributed by atoms with Crippen LogP contribution in [0.4, 0.5) is 10.8 Å². The largest absolute Gasteiger partial charge is 0.312 e. The van der Waals surface area contributed by atoms with Crippen LogP contribution in [-0.2, 0) is 16.0 Å². The van der Waals surface area contributed by atoms with Crippen LogP contribution in [0.5, 0.6) is 0 Å². The summed E-state index contributed by atoms with van der Waals surface area (Å²) in [6.45, 7) is 2.31. The number of rotatable bonds is 4. The van der Waals surface area contributed by atoms with Gasteiger partial charge in [-0.05, 0) is 35.8 Å². The molecule has 3 aromatic rings. The zero-order valence-electron chi connectivity index (χ0n) is 15.4. The summed E-state index contributed by atoms with van der Waals surface area (Å²) in [6, 6.07) is 15.7. The smallest absolute Gasteiger partial charge is 0.250 e. The third kappa shape index (κ3) is 3.87. The molecule has 1 N–H and O–H groups in total. The maximum atomic E-state index is 12.1. The van der Waals surface area contributed by atoms with E-state index in [2.05, 4.69) is 16.4 Å². The number of nitrogens with zero attached hydrogens (tertiary/aromatic N) is 2. The minimum absolute atomic E-state index is 0.0636. The second-order valence-corrected chi connectivity index (χ2v) is 7.39. The Bertz CT molecular complexity index is 1060. The second-order valence-electron chi connectivity index (χ2n) is 6.54. The zero-order valence-corrected chi connectivity index (χ0v) is 16.2. The van der Waals surface area contributed by atoms with Crippen molar-refractivity contribution in [1.29, 1.82) is 0 Å². The summed E-state index contributed by atoms with van der Waals surface area (Å²) in [5.41, 5.74) is 4.90. The van der Waals surface area contributed by atoms with Crippen LogP contribution in [-0.4, -0.2) is 23.3 Å². The summed E-state index contributed by atoms with van der Waals surface area (Å²) in [4.78, 5) is 30.1. The van der Waals surface area contributed by atoms with Crippen molar-refractivity contribution in [2.75, 3.05) is 16.8 Å². The van der Waals surface area contributed by atoms with Gasteiger partial charge in [0.05, 0.1) is 5.69 Å². The van der Waals surface area contributed by atoms with Crippen LogP contribution < -0.4 is 10.2 Å². The molecule has 6 heteroatoms. The molecule has 2 aromatic carbocycles. The highest BCUT2D eigenvalue weighted by Gasteiger charge is 2.22. The molecular weight excluding hydrogens is 370 g/mol. The molecule has 0 saturated heterocycles. The lowest BCUT2D eigenvalue weighted by atomic mass is 10.1. The quantitative estimate of drug-likeness (QED) is 0.674. The van der Waals surface area contributed by atoms with Crippen molar-refractivity contribution >= 4 is 40.0 Å². The summed E-state index contributed by atoms with van der Waals surface area (Å²) in [7, 11) is 0. The monoisotopic (exact) mass is 389 g/mol. The molecule has 1 aliphatic heterocycles. The van der Waals surface area contributed by atoms with Crippen LogP contribution in [0.1, 0.15) is 18.1 Å². The Labute approximate surface area is 167 Å². The predicted molar refractivity (Wildman–Crippen MR) is 113 cm³/mol. The van der Waals surface area contributed by atoms with Gasteiger partial charge in [-0.3, -0.25) is 14.9 Å². The van der Waals surface area contributed by atoms with Gasteiger partial charge in [0, 0.05) is 36.2 Å². The van der Waals surface area contributed by atoms with Gasteiger partial charge in [0.1, 0.15) is 0 Å². The van der Waals surface area contributed by atoms with Gasteiger partial charge in [0.15, 0.2) is 5.13 Å². The molecule has 0 atom stereocenters. The van der Waals surface area contributed by atoms with Gasteiger partial charge < -0.3 is 4.90 Å². The van der Waals surface area contributed by atoms with Crippen molar-refractivity contribution in [2.24, 2.45) is 0 Å². The van der Waals surface area contributed by atoms with E-state index in [1.165, 1.54) is 17.4 Å². The van der Waals surface area contributed by atoms with Crippen LogP contribution >= 0.6 is 11.3 Å². The van der Waals surface area contributed by atoms with E-state index in [1.54, 1.807) is 17.9 Å². The Morgan fingerprint density at radius 1 is 1.18 bits per heavy atom. The average Bonchev–Trinajstić information content (AvgIpc) is 3.33. The molecule has 4 rings (SSSR count). The van der Waals surface area contributed by atoms with E-state index in [4.69, 9.17) is 0 Å². The van der Waals surface area contributed by atoms with Gasteiger partial charge in [-0.25, -0.2) is 4.98 Å². The Hall–Kier alpha value is -3.25. The fourth-order valence-corrected chi connectivity index (χ4v) is 3.96. The molecule has 2 heterocycles. The van der Waals surface area contributed by atoms with E-state index < -0.39 is 0 Å². The molecule has 0 unspecified atom stereocenters. The lowest BCUT2D eigenvalue weighted by molar-refractivity contribution is -0.116. The fraction of sp³-hybridized carbons (Fsp3) is 0.136. The number of anilines is 2. The number of carbonyl (C=O) groups excluding carboxylic acids is 2. The Morgan fingerprint density at radius 3 is 2.79 bits per heavy atom. The van der Waals surface area contributed by atoms with Crippen LogP contribution in [0, 0.1) is 0 Å². The normalized spacial score (nSPS) is 13.0. The molecule has 0 aliphatic carbocycles. The number of carbonyl (C=O) groups is 2. The molecule has 0 fully saturated rings. The number of hydrogen-bond acceptors (Lipinski definition) is 4. The predicted octanol–water partition coefficient (Wildman–Crippen LogP) is 4.37. The van der Waals surface area contributed by atoms with Crippen LogP contribution in [0.2, 0.25) is 0 Å². The Kier molecular flexibility index (Phi) is 5.04. The number of fused-ring (bicyclic) bond motifs is 1. The first-order valence-corrected chi connectivity index (χ1v) is 9.89. The van der Waals surface area contributed by atoms with Crippen molar-refractivity contribution in [3.8, 4) is 11.3 Å². The van der Waals surface area contributed by atoms with Gasteiger partial charge in [-0.15, -0.1) is 11.3 Å². The minimum atomic E-state index is -0.212. The highest BCUT2D eigenvalue weighted by Crippen LogP contribution is 2.33. The molecule has 1 aromatic heterocycles. The lowest BCUT2D eigenvalue weighted by Crippen LogP contribution is -2.25. The maximum Gasteiger partial charge on any atom is 0.250 e. The molecule has 2 amide bonds. The standard InChI is InChI=1S/C22H19N3O2S/c1-15(26)25-12-11-18-13-17(8-9-20(18)25)19-14-28-22(23-19)24-21(27)10-7-16-5-3-2-4-6-16/h2-10,13-14H,11-12H2,1H3,(H,23,24,27)/b10-7+. The summed E-state index contributed by atoms with van der Waals surface area (Å²) in [6.07, 6.45) is 4.12. The molecule has 0 saturated carbocycles. The summed E-state index contributed by atoms with van der Waals surface area (Å²) in [5, 5.41) is 5.29. The lowest BCUT2D eigenvalue weighted by Gasteiger charge is -2.14. The van der Waals surface area contributed by atoms with Crippen molar-refractivity contribution in [3.63, 3.8) is 0 Å². The molecule has 140 valence electrons. The van der Waals surface area contributed by atoms with E-state index in [9.17, 15) is 9.59 Å². The Morgan fingerprint density at radius 2 is 2.00 bits per heavy atom. The SMILES string of the molecule is CC(=O)N1CCc2cc(-c3csc(NC(=O)/C=C/c4ccccc4)n3)ccc21. The number of benzene rings is 2. The summed E-state index contributed by atoms with van der Waals surface area (Å²) < 4.78 is 0. The molecule has 0 spiro atoms. The van der Waals surface area contributed by atoms with Crippen LogP contribution in [0.25, 0.3) is 17.3 Å². The van der Waals surface area contributed by atoms with Crippen molar-refractivity contribution in [2.45, 2.75) is 13.3 Å². The van der Waals surface area contributed by atoms with Crippen molar-refractivity contribution in [1.82, 2.24) is 4.98 Å². The molecular formula is C22H19N3O2S. The summed E-state index contributed by atoms with van der Waals surface area (Å²) >= 11 is 1.39. The van der Waals surface area contributed by atoms with Gasteiger partial charge in [-0.1, -0.05) is 36.4 Å². The number of aromatic nitrogens is 1. The second kappa shape index (κ2) is 7.78. The number of nitrogens with one attached hydrogen (secondary N) is 1. The third-order valence-electron chi connectivity index (χ3n) is 4.61. The number of amides is 2. The Balaban J connectivity index is 1.45. The third-order valence-corrected chi connectivity index (χ3v) is 5.37. The summed E-state index contributed by atoms with van der Waals surface area (Å²) in [5.74, 6) is -0.149. The first kappa shape index (κ1) is 18.1. The highest BCUT2D eigenvalue weighted by molar-refractivity contribution is 7.14. The first-order valence-electron chi connectivity index (χ1n) is 9.01. The molecule has 5 nitrogen and oxygen atoms in total. The topological polar surface area (TPSA) is 62.3 Å². The molecule has 28 heavy (non-hydrogen) atoms. The average molecular weight is 389 g/mol. The van der Waals surface area contributed by atoms with Gasteiger partial charge in [-0.2, -0.15) is 0 Å². The first-order chi connectivity index (χ1) is 13.6. The van der Waals surface area contributed by atoms with Crippen LogP contribution in [0.3, 0.4) is 0 Å². The van der Waals surface area contributed by atoms with Crippen molar-refractivity contribution in [3.05, 3.63) is 71.1 Å². The van der Waals surface area contributed by atoms with E-state index in [0.717, 1.165) is 41.0 Å².